The van der Waals surface area contributed by atoms with Gasteiger partial charge in [0.25, 0.3) is 0 Å². The minimum Gasteiger partial charge on any atom is -0.389 e. The number of nitrogens with zero attached hydrogens (tertiary/aromatic N) is 1. The van der Waals surface area contributed by atoms with Crippen molar-refractivity contribution in [2.75, 3.05) is 26.3 Å². The smallest absolute Gasteiger partial charge is 0.107 e. The van der Waals surface area contributed by atoms with Gasteiger partial charge in [-0.25, -0.2) is 0 Å². The SMILES string of the molecule is C#CCOC[C@@H](O)CN(Cc1ccccc1C)CC(C)C. The number of hydrogen-bond acceptors (Lipinski definition) is 3. The van der Waals surface area contributed by atoms with E-state index in [2.05, 4.69) is 49.8 Å². The monoisotopic (exact) mass is 289 g/mol. The molecule has 116 valence electrons. The molecule has 0 aliphatic carbocycles. The topological polar surface area (TPSA) is 32.7 Å². The number of terminal acetylenes is 1. The summed E-state index contributed by atoms with van der Waals surface area (Å²) in [6.45, 7) is 9.41. The molecule has 3 nitrogen and oxygen atoms in total. The lowest BCUT2D eigenvalue weighted by Crippen LogP contribution is -2.37. The van der Waals surface area contributed by atoms with Crippen LogP contribution in [0.2, 0.25) is 0 Å². The number of benzene rings is 1. The first kappa shape index (κ1) is 17.7. The predicted octanol–water partition coefficient (Wildman–Crippen LogP) is 2.46. The highest BCUT2D eigenvalue weighted by Gasteiger charge is 2.14. The molecule has 0 unspecified atom stereocenters. The lowest BCUT2D eigenvalue weighted by atomic mass is 10.1. The maximum absolute atomic E-state index is 10.1. The average Bonchev–Trinajstić information content (AvgIpc) is 2.41. The fraction of sp³-hybridized carbons (Fsp3) is 0.556. The minimum atomic E-state index is -0.513. The van der Waals surface area contributed by atoms with Crippen molar-refractivity contribution in [3.05, 3.63) is 35.4 Å². The van der Waals surface area contributed by atoms with Crippen LogP contribution in [0, 0.1) is 25.2 Å². The number of rotatable bonds is 9. The van der Waals surface area contributed by atoms with Crippen molar-refractivity contribution in [3.8, 4) is 12.3 Å². The van der Waals surface area contributed by atoms with Crippen molar-refractivity contribution < 1.29 is 9.84 Å². The zero-order valence-corrected chi connectivity index (χ0v) is 13.4. The lowest BCUT2D eigenvalue weighted by molar-refractivity contribution is 0.0237. The number of aliphatic hydroxyl groups is 1. The van der Waals surface area contributed by atoms with Gasteiger partial charge in [-0.3, -0.25) is 4.90 Å². The van der Waals surface area contributed by atoms with Gasteiger partial charge in [0, 0.05) is 19.6 Å². The fourth-order valence-electron chi connectivity index (χ4n) is 2.35. The van der Waals surface area contributed by atoms with Crippen molar-refractivity contribution in [2.24, 2.45) is 5.92 Å². The van der Waals surface area contributed by atoms with E-state index in [1.165, 1.54) is 11.1 Å². The van der Waals surface area contributed by atoms with E-state index >= 15 is 0 Å². The molecular weight excluding hydrogens is 262 g/mol. The van der Waals surface area contributed by atoms with Crippen LogP contribution in [0.1, 0.15) is 25.0 Å². The van der Waals surface area contributed by atoms with Gasteiger partial charge in [-0.2, -0.15) is 0 Å². The van der Waals surface area contributed by atoms with Crippen LogP contribution in [0.5, 0.6) is 0 Å². The van der Waals surface area contributed by atoms with Crippen LogP contribution < -0.4 is 0 Å². The second kappa shape index (κ2) is 9.57. The molecule has 0 heterocycles. The van der Waals surface area contributed by atoms with Gasteiger partial charge in [-0.15, -0.1) is 6.42 Å². The molecule has 0 fully saturated rings. The maximum atomic E-state index is 10.1. The molecule has 0 aromatic heterocycles. The Balaban J connectivity index is 2.59. The summed E-state index contributed by atoms with van der Waals surface area (Å²) in [6, 6.07) is 8.37. The Morgan fingerprint density at radius 3 is 2.62 bits per heavy atom. The Morgan fingerprint density at radius 2 is 2.00 bits per heavy atom. The van der Waals surface area contributed by atoms with Crippen LogP contribution in [0.4, 0.5) is 0 Å². The molecular formula is C18H27NO2. The highest BCUT2D eigenvalue weighted by atomic mass is 16.5. The van der Waals surface area contributed by atoms with Gasteiger partial charge in [0.05, 0.1) is 12.7 Å². The van der Waals surface area contributed by atoms with Gasteiger partial charge in [0.15, 0.2) is 0 Å². The Hall–Kier alpha value is -1.34. The number of aryl methyl sites for hydroxylation is 1. The van der Waals surface area contributed by atoms with Crippen LogP contribution in [0.3, 0.4) is 0 Å². The van der Waals surface area contributed by atoms with Crippen LogP contribution in [0.25, 0.3) is 0 Å². The summed E-state index contributed by atoms with van der Waals surface area (Å²) in [6.07, 6.45) is 4.62. The molecule has 0 radical (unpaired) electrons. The van der Waals surface area contributed by atoms with E-state index in [0.717, 1.165) is 13.1 Å². The predicted molar refractivity (Wildman–Crippen MR) is 87.0 cm³/mol. The fourth-order valence-corrected chi connectivity index (χ4v) is 2.35. The highest BCUT2D eigenvalue weighted by molar-refractivity contribution is 5.25. The van der Waals surface area contributed by atoms with Crippen LogP contribution in [-0.4, -0.2) is 42.4 Å². The Kier molecular flexibility index (Phi) is 8.07. The largest absolute Gasteiger partial charge is 0.389 e. The summed E-state index contributed by atoms with van der Waals surface area (Å²) in [5.41, 5.74) is 2.58. The first-order chi connectivity index (χ1) is 10.0. The standard InChI is InChI=1S/C18H27NO2/c1-5-10-21-14-18(20)13-19(11-15(2)3)12-17-9-7-6-8-16(17)4/h1,6-9,15,18,20H,10-14H2,2-4H3/t18-/m0/s1. The normalized spacial score (nSPS) is 12.6. The van der Waals surface area contributed by atoms with Crippen molar-refractivity contribution >= 4 is 0 Å². The first-order valence-electron chi connectivity index (χ1n) is 7.49. The van der Waals surface area contributed by atoms with E-state index < -0.39 is 6.10 Å². The molecule has 0 amide bonds. The molecule has 1 rings (SSSR count). The molecule has 0 saturated carbocycles. The van der Waals surface area contributed by atoms with Gasteiger partial charge in [0.1, 0.15) is 6.61 Å². The van der Waals surface area contributed by atoms with E-state index in [-0.39, 0.29) is 13.2 Å². The van der Waals surface area contributed by atoms with Gasteiger partial charge in [-0.05, 0) is 24.0 Å². The van der Waals surface area contributed by atoms with E-state index in [4.69, 9.17) is 11.2 Å². The number of ether oxygens (including phenoxy) is 1. The van der Waals surface area contributed by atoms with E-state index in [9.17, 15) is 5.11 Å². The molecule has 1 N–H and O–H groups in total. The second-order valence-corrected chi connectivity index (χ2v) is 5.89. The van der Waals surface area contributed by atoms with Crippen LogP contribution in [-0.2, 0) is 11.3 Å². The molecule has 0 aliphatic heterocycles. The van der Waals surface area contributed by atoms with Crippen molar-refractivity contribution in [1.29, 1.82) is 0 Å². The molecule has 0 aliphatic rings. The lowest BCUT2D eigenvalue weighted by Gasteiger charge is -2.27. The molecule has 1 atom stereocenters. The molecule has 0 saturated heterocycles. The maximum Gasteiger partial charge on any atom is 0.107 e. The number of hydrogen-bond donors (Lipinski definition) is 1. The van der Waals surface area contributed by atoms with Crippen LogP contribution in [0.15, 0.2) is 24.3 Å². The molecule has 3 heteroatoms. The summed E-state index contributed by atoms with van der Waals surface area (Å²) in [4.78, 5) is 2.27. The van der Waals surface area contributed by atoms with Crippen LogP contribution >= 0.6 is 0 Å². The van der Waals surface area contributed by atoms with Crippen molar-refractivity contribution in [2.45, 2.75) is 33.4 Å². The Labute approximate surface area is 128 Å². The minimum absolute atomic E-state index is 0.249. The van der Waals surface area contributed by atoms with E-state index in [1.54, 1.807) is 0 Å². The van der Waals surface area contributed by atoms with E-state index in [0.29, 0.717) is 12.5 Å². The van der Waals surface area contributed by atoms with Crippen molar-refractivity contribution in [3.63, 3.8) is 0 Å². The van der Waals surface area contributed by atoms with E-state index in [1.807, 2.05) is 6.07 Å². The summed E-state index contributed by atoms with van der Waals surface area (Å²) in [7, 11) is 0. The Bertz CT molecular complexity index is 451. The highest BCUT2D eigenvalue weighted by Crippen LogP contribution is 2.12. The Morgan fingerprint density at radius 1 is 1.29 bits per heavy atom. The molecule has 1 aromatic rings. The third-order valence-corrected chi connectivity index (χ3v) is 3.24. The third kappa shape index (κ3) is 7.29. The first-order valence-corrected chi connectivity index (χ1v) is 7.49. The average molecular weight is 289 g/mol. The summed E-state index contributed by atoms with van der Waals surface area (Å²) in [5.74, 6) is 2.96. The summed E-state index contributed by atoms with van der Waals surface area (Å²) in [5, 5.41) is 10.1. The second-order valence-electron chi connectivity index (χ2n) is 5.89. The number of aliphatic hydroxyl groups excluding tert-OH is 1. The summed E-state index contributed by atoms with van der Waals surface area (Å²) < 4.78 is 5.21. The molecule has 21 heavy (non-hydrogen) atoms. The molecule has 0 spiro atoms. The third-order valence-electron chi connectivity index (χ3n) is 3.24. The van der Waals surface area contributed by atoms with Crippen molar-refractivity contribution in [1.82, 2.24) is 4.90 Å². The quantitative estimate of drug-likeness (QED) is 0.560. The van der Waals surface area contributed by atoms with Gasteiger partial charge in [-0.1, -0.05) is 44.0 Å². The molecule has 1 aromatic carbocycles. The van der Waals surface area contributed by atoms with Gasteiger partial charge in [0.2, 0.25) is 0 Å². The summed E-state index contributed by atoms with van der Waals surface area (Å²) >= 11 is 0. The zero-order chi connectivity index (χ0) is 15.7. The zero-order valence-electron chi connectivity index (χ0n) is 13.4. The van der Waals surface area contributed by atoms with Gasteiger partial charge < -0.3 is 9.84 Å². The van der Waals surface area contributed by atoms with Gasteiger partial charge >= 0.3 is 0 Å². The molecule has 0 bridgehead atoms.